The number of carbonyl (C=O) groups is 1. The molecule has 3 heteroatoms. The van der Waals surface area contributed by atoms with E-state index in [4.69, 9.17) is 4.74 Å². The van der Waals surface area contributed by atoms with Gasteiger partial charge in [-0.05, 0) is 52.4 Å². The van der Waals surface area contributed by atoms with E-state index < -0.39 is 0 Å². The maximum atomic E-state index is 12.4. The van der Waals surface area contributed by atoms with Crippen molar-refractivity contribution >= 4 is 34.5 Å². The van der Waals surface area contributed by atoms with Crippen molar-refractivity contribution in [2.24, 2.45) is 0 Å². The zero-order valence-corrected chi connectivity index (χ0v) is 12.3. The second-order valence-corrected chi connectivity index (χ2v) is 5.47. The predicted molar refractivity (Wildman–Crippen MR) is 83.4 cm³/mol. The van der Waals surface area contributed by atoms with Gasteiger partial charge in [-0.2, -0.15) is 0 Å². The molecule has 2 aromatic rings. The van der Waals surface area contributed by atoms with Crippen LogP contribution in [0.2, 0.25) is 0 Å². The standard InChI is InChI=1S/C16H11IO2/c17-14-7-3-1-5-11(14)9-12-10-19-15-8-4-2-6-13(15)16(12)18/h1-9H,10H2/b12-9-. The summed E-state index contributed by atoms with van der Waals surface area (Å²) in [6.45, 7) is 0.334. The summed E-state index contributed by atoms with van der Waals surface area (Å²) in [6.07, 6.45) is 1.92. The van der Waals surface area contributed by atoms with Crippen LogP contribution in [0.5, 0.6) is 5.75 Å². The fraction of sp³-hybridized carbons (Fsp3) is 0.0625. The van der Waals surface area contributed by atoms with E-state index in [-0.39, 0.29) is 5.78 Å². The number of hydrogen-bond donors (Lipinski definition) is 0. The van der Waals surface area contributed by atoms with Crippen molar-refractivity contribution in [3.63, 3.8) is 0 Å². The number of halogens is 1. The Morgan fingerprint density at radius 2 is 1.79 bits per heavy atom. The summed E-state index contributed by atoms with van der Waals surface area (Å²) in [5.41, 5.74) is 2.39. The van der Waals surface area contributed by atoms with E-state index in [9.17, 15) is 4.79 Å². The van der Waals surface area contributed by atoms with Crippen LogP contribution in [0.1, 0.15) is 15.9 Å². The van der Waals surface area contributed by atoms with Gasteiger partial charge in [-0.25, -0.2) is 0 Å². The average molecular weight is 362 g/mol. The predicted octanol–water partition coefficient (Wildman–Crippen LogP) is 3.95. The first-order chi connectivity index (χ1) is 9.25. The van der Waals surface area contributed by atoms with Gasteiger partial charge >= 0.3 is 0 Å². The Morgan fingerprint density at radius 1 is 1.05 bits per heavy atom. The van der Waals surface area contributed by atoms with Gasteiger partial charge in [0.1, 0.15) is 12.4 Å². The number of Topliss-reactive ketones (excluding diaryl/α,β-unsaturated/α-hetero) is 1. The Hall–Kier alpha value is -1.62. The number of para-hydroxylation sites is 1. The highest BCUT2D eigenvalue weighted by Crippen LogP contribution is 2.28. The minimum absolute atomic E-state index is 0.0569. The van der Waals surface area contributed by atoms with Crippen LogP contribution in [0.4, 0.5) is 0 Å². The molecule has 0 amide bonds. The zero-order valence-electron chi connectivity index (χ0n) is 10.1. The summed E-state index contributed by atoms with van der Waals surface area (Å²) in [6, 6.07) is 15.3. The lowest BCUT2D eigenvalue weighted by atomic mass is 9.98. The van der Waals surface area contributed by atoms with Crippen molar-refractivity contribution in [3.8, 4) is 5.75 Å². The first-order valence-corrected chi connectivity index (χ1v) is 7.05. The number of ketones is 1. The fourth-order valence-electron chi connectivity index (χ4n) is 2.06. The number of ether oxygens (including phenoxy) is 1. The lowest BCUT2D eigenvalue weighted by Gasteiger charge is -2.18. The van der Waals surface area contributed by atoms with E-state index >= 15 is 0 Å². The summed E-state index contributed by atoms with van der Waals surface area (Å²) < 4.78 is 6.75. The van der Waals surface area contributed by atoms with Crippen LogP contribution in [0, 0.1) is 3.57 Å². The van der Waals surface area contributed by atoms with Gasteiger partial charge in [0, 0.05) is 9.14 Å². The highest BCUT2D eigenvalue weighted by Gasteiger charge is 2.22. The molecule has 2 nitrogen and oxygen atoms in total. The average Bonchev–Trinajstić information content (AvgIpc) is 2.44. The van der Waals surface area contributed by atoms with Crippen molar-refractivity contribution in [3.05, 3.63) is 68.8 Å². The number of benzene rings is 2. The monoisotopic (exact) mass is 362 g/mol. The third-order valence-corrected chi connectivity index (χ3v) is 4.02. The lowest BCUT2D eigenvalue weighted by molar-refractivity contribution is 0.100. The van der Waals surface area contributed by atoms with Crippen LogP contribution >= 0.6 is 22.6 Å². The smallest absolute Gasteiger partial charge is 0.196 e. The molecule has 0 fully saturated rings. The van der Waals surface area contributed by atoms with Gasteiger partial charge in [-0.1, -0.05) is 30.3 Å². The van der Waals surface area contributed by atoms with Gasteiger partial charge in [0.2, 0.25) is 0 Å². The molecular formula is C16H11IO2. The van der Waals surface area contributed by atoms with Crippen molar-refractivity contribution in [1.82, 2.24) is 0 Å². The molecule has 0 aromatic heterocycles. The number of carbonyl (C=O) groups excluding carboxylic acids is 1. The minimum Gasteiger partial charge on any atom is -0.488 e. The number of fused-ring (bicyclic) bond motifs is 1. The van der Waals surface area contributed by atoms with E-state index in [0.717, 1.165) is 9.13 Å². The maximum absolute atomic E-state index is 12.4. The Morgan fingerprint density at radius 3 is 2.63 bits per heavy atom. The number of rotatable bonds is 1. The molecular weight excluding hydrogens is 351 g/mol. The quantitative estimate of drug-likeness (QED) is 0.567. The zero-order chi connectivity index (χ0) is 13.2. The second-order valence-electron chi connectivity index (χ2n) is 4.31. The summed E-state index contributed by atoms with van der Waals surface area (Å²) in [5.74, 6) is 0.730. The highest BCUT2D eigenvalue weighted by atomic mass is 127. The second kappa shape index (κ2) is 5.17. The van der Waals surface area contributed by atoms with Crippen LogP contribution in [0.15, 0.2) is 54.1 Å². The molecule has 3 rings (SSSR count). The van der Waals surface area contributed by atoms with Crippen LogP contribution in [0.25, 0.3) is 6.08 Å². The van der Waals surface area contributed by atoms with Gasteiger partial charge in [-0.3, -0.25) is 4.79 Å². The molecule has 0 bridgehead atoms. The Kier molecular flexibility index (Phi) is 3.38. The first kappa shape index (κ1) is 12.4. The first-order valence-electron chi connectivity index (χ1n) is 5.97. The molecule has 0 N–H and O–H groups in total. The third kappa shape index (κ3) is 2.42. The highest BCUT2D eigenvalue weighted by molar-refractivity contribution is 14.1. The molecule has 0 spiro atoms. The molecule has 2 aromatic carbocycles. The van der Waals surface area contributed by atoms with Gasteiger partial charge in [0.15, 0.2) is 5.78 Å². The summed E-state index contributed by atoms with van der Waals surface area (Å²) in [5, 5.41) is 0. The topological polar surface area (TPSA) is 26.3 Å². The number of hydrogen-bond acceptors (Lipinski definition) is 2. The van der Waals surface area contributed by atoms with Gasteiger partial charge in [0.25, 0.3) is 0 Å². The van der Waals surface area contributed by atoms with E-state index in [1.165, 1.54) is 0 Å². The summed E-state index contributed by atoms with van der Waals surface area (Å²) in [7, 11) is 0. The van der Waals surface area contributed by atoms with Gasteiger partial charge in [0.05, 0.1) is 5.56 Å². The van der Waals surface area contributed by atoms with E-state index in [1.54, 1.807) is 6.07 Å². The van der Waals surface area contributed by atoms with E-state index in [0.29, 0.717) is 23.5 Å². The summed E-state index contributed by atoms with van der Waals surface area (Å²) >= 11 is 2.27. The van der Waals surface area contributed by atoms with Crippen molar-refractivity contribution in [2.75, 3.05) is 6.61 Å². The molecule has 1 heterocycles. The molecule has 0 radical (unpaired) electrons. The van der Waals surface area contributed by atoms with Crippen molar-refractivity contribution in [2.45, 2.75) is 0 Å². The van der Waals surface area contributed by atoms with E-state index in [1.807, 2.05) is 48.5 Å². The molecule has 0 saturated heterocycles. The normalized spacial score (nSPS) is 16.1. The van der Waals surface area contributed by atoms with Gasteiger partial charge < -0.3 is 4.74 Å². The molecule has 1 aliphatic heterocycles. The van der Waals surface area contributed by atoms with Crippen molar-refractivity contribution in [1.29, 1.82) is 0 Å². The molecule has 0 unspecified atom stereocenters. The van der Waals surface area contributed by atoms with Crippen molar-refractivity contribution < 1.29 is 9.53 Å². The van der Waals surface area contributed by atoms with Gasteiger partial charge in [-0.15, -0.1) is 0 Å². The molecule has 1 aliphatic rings. The largest absolute Gasteiger partial charge is 0.488 e. The minimum atomic E-state index is 0.0569. The Labute approximate surface area is 125 Å². The van der Waals surface area contributed by atoms with Crippen LogP contribution in [0.3, 0.4) is 0 Å². The molecule has 0 aliphatic carbocycles. The van der Waals surface area contributed by atoms with Crippen LogP contribution < -0.4 is 4.74 Å². The Bertz CT molecular complexity index is 674. The lowest BCUT2D eigenvalue weighted by Crippen LogP contribution is -2.18. The van der Waals surface area contributed by atoms with Crippen LogP contribution in [-0.2, 0) is 0 Å². The summed E-state index contributed by atoms with van der Waals surface area (Å²) in [4.78, 5) is 12.4. The maximum Gasteiger partial charge on any atom is 0.196 e. The fourth-order valence-corrected chi connectivity index (χ4v) is 2.60. The molecule has 0 saturated carbocycles. The molecule has 19 heavy (non-hydrogen) atoms. The third-order valence-electron chi connectivity index (χ3n) is 3.04. The molecule has 0 atom stereocenters. The molecule has 94 valence electrons. The Balaban J connectivity index is 2.01. The SMILES string of the molecule is O=C1/C(=C\c2ccccc2I)COc2ccccc21. The van der Waals surface area contributed by atoms with E-state index in [2.05, 4.69) is 22.6 Å². The van der Waals surface area contributed by atoms with Crippen LogP contribution in [-0.4, -0.2) is 12.4 Å².